The van der Waals surface area contributed by atoms with Crippen LogP contribution in [0.1, 0.15) is 32.6 Å². The number of benzene rings is 1. The van der Waals surface area contributed by atoms with Gasteiger partial charge in [-0.3, -0.25) is 0 Å². The fourth-order valence-corrected chi connectivity index (χ4v) is 2.53. The van der Waals surface area contributed by atoms with Gasteiger partial charge in [-0.15, -0.1) is 0 Å². The topological polar surface area (TPSA) is 38.5 Å². The molecule has 0 radical (unpaired) electrons. The zero-order valence-electron chi connectivity index (χ0n) is 11.3. The lowest BCUT2D eigenvalue weighted by Crippen LogP contribution is -2.28. The van der Waals surface area contributed by atoms with Crippen molar-refractivity contribution < 1.29 is 4.74 Å². The van der Waals surface area contributed by atoms with E-state index < -0.39 is 0 Å². The van der Waals surface area contributed by atoms with E-state index in [2.05, 4.69) is 24.0 Å². The summed E-state index contributed by atoms with van der Waals surface area (Å²) >= 11 is 0. The summed E-state index contributed by atoms with van der Waals surface area (Å²) in [5.41, 5.74) is 7.93. The predicted octanol–water partition coefficient (Wildman–Crippen LogP) is 3.05. The molecule has 1 unspecified atom stereocenters. The number of nitrogens with two attached hydrogens (primary N) is 1. The molecule has 0 bridgehead atoms. The van der Waals surface area contributed by atoms with Crippen molar-refractivity contribution in [3.05, 3.63) is 24.3 Å². The Balaban J connectivity index is 1.94. The summed E-state index contributed by atoms with van der Waals surface area (Å²) in [6.45, 7) is 5.29. The molecule has 1 aromatic carbocycles. The zero-order valence-corrected chi connectivity index (χ0v) is 11.3. The molecule has 3 nitrogen and oxygen atoms in total. The molecule has 2 rings (SSSR count). The minimum absolute atomic E-state index is 0.463. The first kappa shape index (κ1) is 13.2. The van der Waals surface area contributed by atoms with Gasteiger partial charge in [0, 0.05) is 31.1 Å². The Hall–Kier alpha value is -1.22. The molecule has 0 aromatic heterocycles. The molecule has 0 amide bonds. The number of nitrogen functional groups attached to an aromatic ring is 1. The van der Waals surface area contributed by atoms with Gasteiger partial charge in [-0.1, -0.05) is 13.0 Å². The van der Waals surface area contributed by atoms with Crippen LogP contribution < -0.4 is 10.6 Å². The highest BCUT2D eigenvalue weighted by Gasteiger charge is 2.16. The van der Waals surface area contributed by atoms with Crippen molar-refractivity contribution in [3.63, 3.8) is 0 Å². The zero-order chi connectivity index (χ0) is 12.8. The van der Waals surface area contributed by atoms with Gasteiger partial charge in [0.2, 0.25) is 0 Å². The van der Waals surface area contributed by atoms with E-state index >= 15 is 0 Å². The molecule has 18 heavy (non-hydrogen) atoms. The van der Waals surface area contributed by atoms with E-state index in [-0.39, 0.29) is 0 Å². The Morgan fingerprint density at radius 3 is 2.94 bits per heavy atom. The van der Waals surface area contributed by atoms with Crippen LogP contribution in [0.25, 0.3) is 0 Å². The molecule has 1 aliphatic heterocycles. The van der Waals surface area contributed by atoms with Crippen molar-refractivity contribution in [1.82, 2.24) is 0 Å². The first-order chi connectivity index (χ1) is 8.79. The fraction of sp³-hybridized carbons (Fsp3) is 0.600. The van der Waals surface area contributed by atoms with Gasteiger partial charge >= 0.3 is 0 Å². The third-order valence-corrected chi connectivity index (χ3v) is 3.47. The van der Waals surface area contributed by atoms with Crippen molar-refractivity contribution in [3.8, 4) is 0 Å². The number of anilines is 2. The number of nitrogens with zero attached hydrogens (tertiary/aromatic N) is 1. The SMILES string of the molecule is CCCN(CCC1CCCO1)c1cccc(N)c1. The normalized spacial score (nSPS) is 19.1. The van der Waals surface area contributed by atoms with Gasteiger partial charge in [-0.25, -0.2) is 0 Å². The summed E-state index contributed by atoms with van der Waals surface area (Å²) in [7, 11) is 0. The lowest BCUT2D eigenvalue weighted by atomic mass is 10.1. The van der Waals surface area contributed by atoms with E-state index in [1.165, 1.54) is 18.5 Å². The van der Waals surface area contributed by atoms with Crippen molar-refractivity contribution >= 4 is 11.4 Å². The molecule has 2 N–H and O–H groups in total. The molecule has 1 atom stereocenters. The lowest BCUT2D eigenvalue weighted by molar-refractivity contribution is 0.105. The Morgan fingerprint density at radius 2 is 2.28 bits per heavy atom. The Labute approximate surface area is 110 Å². The summed E-state index contributed by atoms with van der Waals surface area (Å²) in [4.78, 5) is 2.41. The molecule has 1 fully saturated rings. The summed E-state index contributed by atoms with van der Waals surface area (Å²) in [6, 6.07) is 8.17. The molecular weight excluding hydrogens is 224 g/mol. The van der Waals surface area contributed by atoms with Crippen molar-refractivity contribution in [2.45, 2.75) is 38.7 Å². The van der Waals surface area contributed by atoms with Crippen LogP contribution in [-0.4, -0.2) is 25.8 Å². The Bertz CT molecular complexity index is 361. The highest BCUT2D eigenvalue weighted by Crippen LogP contribution is 2.21. The van der Waals surface area contributed by atoms with E-state index in [0.717, 1.165) is 38.2 Å². The van der Waals surface area contributed by atoms with Crippen LogP contribution in [0.5, 0.6) is 0 Å². The largest absolute Gasteiger partial charge is 0.399 e. The second-order valence-corrected chi connectivity index (χ2v) is 5.01. The maximum Gasteiger partial charge on any atom is 0.0592 e. The molecule has 0 aliphatic carbocycles. The van der Waals surface area contributed by atoms with Gasteiger partial charge in [0.05, 0.1) is 6.10 Å². The van der Waals surface area contributed by atoms with Gasteiger partial charge in [0.15, 0.2) is 0 Å². The predicted molar refractivity (Wildman–Crippen MR) is 76.9 cm³/mol. The highest BCUT2D eigenvalue weighted by atomic mass is 16.5. The number of hydrogen-bond donors (Lipinski definition) is 1. The maximum atomic E-state index is 5.86. The van der Waals surface area contributed by atoms with Crippen LogP contribution in [0.3, 0.4) is 0 Å². The second kappa shape index (κ2) is 6.64. The summed E-state index contributed by atoms with van der Waals surface area (Å²) in [5, 5.41) is 0. The number of hydrogen-bond acceptors (Lipinski definition) is 3. The summed E-state index contributed by atoms with van der Waals surface area (Å²) < 4.78 is 5.69. The van der Waals surface area contributed by atoms with E-state index in [4.69, 9.17) is 10.5 Å². The first-order valence-corrected chi connectivity index (χ1v) is 7.01. The minimum Gasteiger partial charge on any atom is -0.399 e. The Morgan fingerprint density at radius 1 is 1.39 bits per heavy atom. The Kier molecular flexibility index (Phi) is 4.88. The third-order valence-electron chi connectivity index (χ3n) is 3.47. The molecular formula is C15H24N2O. The van der Waals surface area contributed by atoms with E-state index in [1.807, 2.05) is 12.1 Å². The van der Waals surface area contributed by atoms with Crippen molar-refractivity contribution in [1.29, 1.82) is 0 Å². The van der Waals surface area contributed by atoms with Gasteiger partial charge in [-0.2, -0.15) is 0 Å². The van der Waals surface area contributed by atoms with E-state index in [0.29, 0.717) is 6.10 Å². The highest BCUT2D eigenvalue weighted by molar-refractivity contribution is 5.55. The van der Waals surface area contributed by atoms with Gasteiger partial charge in [-0.05, 0) is 43.9 Å². The van der Waals surface area contributed by atoms with Crippen LogP contribution in [0.2, 0.25) is 0 Å². The standard InChI is InChI=1S/C15H24N2O/c1-2-9-17(10-8-15-7-4-11-18-15)14-6-3-5-13(16)12-14/h3,5-6,12,15H,2,4,7-11,16H2,1H3. The van der Waals surface area contributed by atoms with Crippen molar-refractivity contribution in [2.24, 2.45) is 0 Å². The van der Waals surface area contributed by atoms with Gasteiger partial charge in [0.25, 0.3) is 0 Å². The van der Waals surface area contributed by atoms with Crippen LogP contribution in [0.15, 0.2) is 24.3 Å². The van der Waals surface area contributed by atoms with Gasteiger partial charge in [0.1, 0.15) is 0 Å². The lowest BCUT2D eigenvalue weighted by Gasteiger charge is -2.26. The first-order valence-electron chi connectivity index (χ1n) is 7.01. The van der Waals surface area contributed by atoms with Crippen molar-refractivity contribution in [2.75, 3.05) is 30.3 Å². The molecule has 1 aromatic rings. The molecule has 1 aliphatic rings. The monoisotopic (exact) mass is 248 g/mol. The molecule has 1 saturated heterocycles. The maximum absolute atomic E-state index is 5.86. The molecule has 100 valence electrons. The van der Waals surface area contributed by atoms with Crippen LogP contribution in [-0.2, 0) is 4.74 Å². The van der Waals surface area contributed by atoms with Crippen LogP contribution in [0.4, 0.5) is 11.4 Å². The average molecular weight is 248 g/mol. The second-order valence-electron chi connectivity index (χ2n) is 5.01. The summed E-state index contributed by atoms with van der Waals surface area (Å²) in [6.07, 6.45) is 5.17. The van der Waals surface area contributed by atoms with Gasteiger partial charge < -0.3 is 15.4 Å². The molecule has 1 heterocycles. The fourth-order valence-electron chi connectivity index (χ4n) is 2.53. The van der Waals surface area contributed by atoms with Crippen LogP contribution >= 0.6 is 0 Å². The minimum atomic E-state index is 0.463. The summed E-state index contributed by atoms with van der Waals surface area (Å²) in [5.74, 6) is 0. The smallest absolute Gasteiger partial charge is 0.0592 e. The number of ether oxygens (including phenoxy) is 1. The van der Waals surface area contributed by atoms with E-state index in [9.17, 15) is 0 Å². The third kappa shape index (κ3) is 3.64. The molecule has 0 saturated carbocycles. The molecule has 3 heteroatoms. The van der Waals surface area contributed by atoms with E-state index in [1.54, 1.807) is 0 Å². The molecule has 0 spiro atoms. The number of rotatable bonds is 6. The average Bonchev–Trinajstić information content (AvgIpc) is 2.87. The quantitative estimate of drug-likeness (QED) is 0.786. The van der Waals surface area contributed by atoms with Crippen LogP contribution in [0, 0.1) is 0 Å².